The van der Waals surface area contributed by atoms with Gasteiger partial charge in [-0.3, -0.25) is 4.98 Å². The van der Waals surface area contributed by atoms with Gasteiger partial charge in [-0.1, -0.05) is 12.1 Å². The predicted octanol–water partition coefficient (Wildman–Crippen LogP) is 2.54. The zero-order valence-corrected chi connectivity index (χ0v) is 13.6. The van der Waals surface area contributed by atoms with Crippen LogP contribution in [0.15, 0.2) is 52.1 Å². The van der Waals surface area contributed by atoms with Crippen LogP contribution >= 0.6 is 15.9 Å². The summed E-state index contributed by atoms with van der Waals surface area (Å²) < 4.78 is 26.7. The number of hydrogen-bond donors (Lipinski definition) is 0. The van der Waals surface area contributed by atoms with Crippen molar-refractivity contribution in [3.05, 3.63) is 58.3 Å². The Bertz CT molecular complexity index is 783. The van der Waals surface area contributed by atoms with Gasteiger partial charge in [0.05, 0.1) is 11.6 Å². The second-order valence-electron chi connectivity index (χ2n) is 4.41. The van der Waals surface area contributed by atoms with Crippen molar-refractivity contribution in [2.45, 2.75) is 11.4 Å². The number of benzene rings is 1. The standard InChI is InChI=1S/C14H12BrN3O2S/c1-18(10-12-4-2-11(7-16)3-5-12)21(19,20)14-6-13(15)8-17-9-14/h2-6,8-9H,10H2,1H3. The number of halogens is 1. The van der Waals surface area contributed by atoms with Crippen molar-refractivity contribution < 1.29 is 8.42 Å². The van der Waals surface area contributed by atoms with Crippen LogP contribution in [0.4, 0.5) is 0 Å². The molecule has 0 saturated carbocycles. The lowest BCUT2D eigenvalue weighted by molar-refractivity contribution is 0.466. The highest BCUT2D eigenvalue weighted by atomic mass is 79.9. The van der Waals surface area contributed by atoms with E-state index in [2.05, 4.69) is 20.9 Å². The van der Waals surface area contributed by atoms with Crippen molar-refractivity contribution in [3.63, 3.8) is 0 Å². The summed E-state index contributed by atoms with van der Waals surface area (Å²) in [5.74, 6) is 0. The molecule has 0 atom stereocenters. The number of aromatic nitrogens is 1. The quantitative estimate of drug-likeness (QED) is 0.834. The molecule has 0 N–H and O–H groups in total. The van der Waals surface area contributed by atoms with Crippen LogP contribution in [0.2, 0.25) is 0 Å². The van der Waals surface area contributed by atoms with Gasteiger partial charge in [0.1, 0.15) is 4.90 Å². The zero-order chi connectivity index (χ0) is 15.5. The van der Waals surface area contributed by atoms with Crippen molar-refractivity contribution in [2.24, 2.45) is 0 Å². The Balaban J connectivity index is 2.22. The maximum absolute atomic E-state index is 12.4. The molecule has 0 fully saturated rings. The fourth-order valence-corrected chi connectivity index (χ4v) is 3.41. The van der Waals surface area contributed by atoms with Crippen LogP contribution in [-0.4, -0.2) is 24.8 Å². The van der Waals surface area contributed by atoms with Crippen molar-refractivity contribution in [3.8, 4) is 6.07 Å². The molecule has 0 unspecified atom stereocenters. The molecule has 2 aromatic rings. The summed E-state index contributed by atoms with van der Waals surface area (Å²) in [6, 6.07) is 10.3. The Labute approximate surface area is 132 Å². The molecule has 0 spiro atoms. The molecule has 7 heteroatoms. The van der Waals surface area contributed by atoms with Crippen LogP contribution in [0.3, 0.4) is 0 Å². The lowest BCUT2D eigenvalue weighted by Crippen LogP contribution is -2.26. The van der Waals surface area contributed by atoms with Crippen molar-refractivity contribution in [2.75, 3.05) is 7.05 Å². The van der Waals surface area contributed by atoms with E-state index in [4.69, 9.17) is 5.26 Å². The molecule has 108 valence electrons. The summed E-state index contributed by atoms with van der Waals surface area (Å²) >= 11 is 3.21. The molecular formula is C14H12BrN3O2S. The fraction of sp³-hybridized carbons (Fsp3) is 0.143. The molecule has 1 aromatic heterocycles. The van der Waals surface area contributed by atoms with E-state index in [9.17, 15) is 8.42 Å². The van der Waals surface area contributed by atoms with Gasteiger partial charge in [0, 0.05) is 30.5 Å². The van der Waals surface area contributed by atoms with Gasteiger partial charge in [0.2, 0.25) is 10.0 Å². The van der Waals surface area contributed by atoms with E-state index in [0.717, 1.165) is 5.56 Å². The van der Waals surface area contributed by atoms with E-state index in [-0.39, 0.29) is 11.4 Å². The van der Waals surface area contributed by atoms with Gasteiger partial charge < -0.3 is 0 Å². The van der Waals surface area contributed by atoms with Gasteiger partial charge in [0.25, 0.3) is 0 Å². The number of rotatable bonds is 4. The zero-order valence-electron chi connectivity index (χ0n) is 11.2. The van der Waals surface area contributed by atoms with Crippen LogP contribution in [0.5, 0.6) is 0 Å². The Morgan fingerprint density at radius 1 is 1.29 bits per heavy atom. The van der Waals surface area contributed by atoms with E-state index in [1.165, 1.54) is 29.8 Å². The van der Waals surface area contributed by atoms with Gasteiger partial charge in [-0.2, -0.15) is 9.57 Å². The summed E-state index contributed by atoms with van der Waals surface area (Å²) in [5.41, 5.74) is 1.35. The number of nitrogens with zero attached hydrogens (tertiary/aromatic N) is 3. The average Bonchev–Trinajstić information content (AvgIpc) is 2.48. The van der Waals surface area contributed by atoms with E-state index >= 15 is 0 Å². The van der Waals surface area contributed by atoms with Crippen LogP contribution in [0.1, 0.15) is 11.1 Å². The first-order valence-electron chi connectivity index (χ1n) is 5.99. The fourth-order valence-electron chi connectivity index (χ4n) is 1.74. The van der Waals surface area contributed by atoms with Crippen LogP contribution in [0, 0.1) is 11.3 Å². The number of pyridine rings is 1. The highest BCUT2D eigenvalue weighted by Crippen LogP contribution is 2.19. The molecule has 1 heterocycles. The molecule has 2 rings (SSSR count). The average molecular weight is 366 g/mol. The highest BCUT2D eigenvalue weighted by Gasteiger charge is 2.21. The normalized spacial score (nSPS) is 11.3. The molecular weight excluding hydrogens is 354 g/mol. The first-order valence-corrected chi connectivity index (χ1v) is 8.23. The molecule has 5 nitrogen and oxygen atoms in total. The Morgan fingerprint density at radius 2 is 1.95 bits per heavy atom. The lowest BCUT2D eigenvalue weighted by Gasteiger charge is -2.17. The largest absolute Gasteiger partial charge is 0.262 e. The predicted molar refractivity (Wildman–Crippen MR) is 81.7 cm³/mol. The summed E-state index contributed by atoms with van der Waals surface area (Å²) in [7, 11) is -2.09. The second-order valence-corrected chi connectivity index (χ2v) is 7.37. The van der Waals surface area contributed by atoms with Crippen LogP contribution < -0.4 is 0 Å². The molecule has 0 aliphatic rings. The number of hydrogen-bond acceptors (Lipinski definition) is 4. The third-order valence-electron chi connectivity index (χ3n) is 2.88. The first-order chi connectivity index (χ1) is 9.93. The Hall–Kier alpha value is -1.75. The minimum atomic E-state index is -3.60. The number of sulfonamides is 1. The monoisotopic (exact) mass is 365 g/mol. The third-order valence-corrected chi connectivity index (χ3v) is 5.08. The smallest absolute Gasteiger partial charge is 0.244 e. The minimum Gasteiger partial charge on any atom is -0.262 e. The second kappa shape index (κ2) is 6.35. The highest BCUT2D eigenvalue weighted by molar-refractivity contribution is 9.10. The molecule has 0 radical (unpaired) electrons. The van der Waals surface area contributed by atoms with E-state index < -0.39 is 10.0 Å². The maximum atomic E-state index is 12.4. The summed E-state index contributed by atoms with van der Waals surface area (Å²) in [6.45, 7) is 0.223. The van der Waals surface area contributed by atoms with Crippen molar-refractivity contribution in [1.29, 1.82) is 5.26 Å². The van der Waals surface area contributed by atoms with E-state index in [0.29, 0.717) is 10.0 Å². The molecule has 0 bridgehead atoms. The van der Waals surface area contributed by atoms with Crippen LogP contribution in [-0.2, 0) is 16.6 Å². The van der Waals surface area contributed by atoms with Gasteiger partial charge in [-0.05, 0) is 39.7 Å². The molecule has 0 amide bonds. The van der Waals surface area contributed by atoms with E-state index in [1.54, 1.807) is 24.3 Å². The van der Waals surface area contributed by atoms with Gasteiger partial charge in [-0.25, -0.2) is 8.42 Å². The molecule has 0 aliphatic heterocycles. The van der Waals surface area contributed by atoms with Crippen molar-refractivity contribution in [1.82, 2.24) is 9.29 Å². The lowest BCUT2D eigenvalue weighted by atomic mass is 10.1. The molecule has 0 saturated heterocycles. The minimum absolute atomic E-state index is 0.132. The van der Waals surface area contributed by atoms with Gasteiger partial charge in [0.15, 0.2) is 0 Å². The van der Waals surface area contributed by atoms with Gasteiger partial charge in [-0.15, -0.1) is 0 Å². The Kier molecular flexibility index (Phi) is 4.73. The van der Waals surface area contributed by atoms with Crippen molar-refractivity contribution >= 4 is 26.0 Å². The third kappa shape index (κ3) is 3.67. The van der Waals surface area contributed by atoms with E-state index in [1.807, 2.05) is 6.07 Å². The molecule has 21 heavy (non-hydrogen) atoms. The SMILES string of the molecule is CN(Cc1ccc(C#N)cc1)S(=O)(=O)c1cncc(Br)c1. The summed E-state index contributed by atoms with van der Waals surface area (Å²) in [4.78, 5) is 4.01. The maximum Gasteiger partial charge on any atom is 0.244 e. The Morgan fingerprint density at radius 3 is 2.52 bits per heavy atom. The first kappa shape index (κ1) is 15.6. The molecule has 0 aliphatic carbocycles. The van der Waals surface area contributed by atoms with Gasteiger partial charge >= 0.3 is 0 Å². The number of nitriles is 1. The topological polar surface area (TPSA) is 74.1 Å². The van der Waals surface area contributed by atoms with Crippen LogP contribution in [0.25, 0.3) is 0 Å². The summed E-state index contributed by atoms with van der Waals surface area (Å²) in [5, 5.41) is 8.75. The summed E-state index contributed by atoms with van der Waals surface area (Å²) in [6.07, 6.45) is 2.84. The molecule has 1 aromatic carbocycles.